The first-order chi connectivity index (χ1) is 15.1. The summed E-state index contributed by atoms with van der Waals surface area (Å²) in [5, 5.41) is 0. The van der Waals surface area contributed by atoms with Crippen molar-refractivity contribution in [3.63, 3.8) is 0 Å². The SMILES string of the molecule is C=CC=O.CCc1ccc(OC)cc1.COCCCCCCOc1ccc(C=O)cc1. The molecule has 0 amide bonds. The molecule has 0 aliphatic carbocycles. The van der Waals surface area contributed by atoms with Gasteiger partial charge in [0.25, 0.3) is 0 Å². The number of ether oxygens (including phenoxy) is 3. The van der Waals surface area contributed by atoms with Gasteiger partial charge in [0.15, 0.2) is 0 Å². The highest BCUT2D eigenvalue weighted by Gasteiger charge is 1.95. The van der Waals surface area contributed by atoms with E-state index in [1.807, 2.05) is 24.3 Å². The van der Waals surface area contributed by atoms with Crippen LogP contribution in [0.2, 0.25) is 0 Å². The van der Waals surface area contributed by atoms with Gasteiger partial charge in [-0.1, -0.05) is 32.1 Å². The predicted molar refractivity (Wildman–Crippen MR) is 126 cm³/mol. The summed E-state index contributed by atoms with van der Waals surface area (Å²) in [5.74, 6) is 1.75. The zero-order valence-electron chi connectivity index (χ0n) is 19.0. The van der Waals surface area contributed by atoms with Crippen LogP contribution in [0.5, 0.6) is 11.5 Å². The third-order valence-electron chi connectivity index (χ3n) is 4.19. The van der Waals surface area contributed by atoms with Crippen LogP contribution in [0.15, 0.2) is 61.2 Å². The summed E-state index contributed by atoms with van der Waals surface area (Å²) in [5.41, 5.74) is 2.03. The zero-order valence-corrected chi connectivity index (χ0v) is 19.0. The second-order valence-electron chi connectivity index (χ2n) is 6.52. The van der Waals surface area contributed by atoms with Crippen LogP contribution < -0.4 is 9.47 Å². The number of aldehydes is 2. The zero-order chi connectivity index (χ0) is 23.2. The molecule has 0 aliphatic heterocycles. The maximum atomic E-state index is 10.5. The van der Waals surface area contributed by atoms with Crippen molar-refractivity contribution in [1.29, 1.82) is 0 Å². The number of carbonyl (C=O) groups excluding carboxylic acids is 2. The molecule has 5 nitrogen and oxygen atoms in total. The first-order valence-electron chi connectivity index (χ1n) is 10.5. The minimum atomic E-state index is 0.639. The van der Waals surface area contributed by atoms with Gasteiger partial charge in [0.05, 0.1) is 13.7 Å². The highest BCUT2D eigenvalue weighted by Crippen LogP contribution is 2.12. The highest BCUT2D eigenvalue weighted by molar-refractivity contribution is 5.74. The van der Waals surface area contributed by atoms with Crippen LogP contribution in [-0.4, -0.2) is 40.0 Å². The normalized spacial score (nSPS) is 9.26. The lowest BCUT2D eigenvalue weighted by Crippen LogP contribution is -1.98. The third-order valence-corrected chi connectivity index (χ3v) is 4.19. The van der Waals surface area contributed by atoms with Crippen LogP contribution in [0.3, 0.4) is 0 Å². The number of hydrogen-bond donors (Lipinski definition) is 0. The van der Waals surface area contributed by atoms with Crippen molar-refractivity contribution in [2.45, 2.75) is 39.0 Å². The molecule has 0 saturated heterocycles. The topological polar surface area (TPSA) is 61.8 Å². The molecule has 0 heterocycles. The minimum absolute atomic E-state index is 0.639. The Bertz CT molecular complexity index is 664. The van der Waals surface area contributed by atoms with E-state index >= 15 is 0 Å². The van der Waals surface area contributed by atoms with Gasteiger partial charge in [0.2, 0.25) is 0 Å². The number of benzene rings is 2. The van der Waals surface area contributed by atoms with E-state index in [0.29, 0.717) is 11.8 Å². The number of methoxy groups -OCH3 is 2. The van der Waals surface area contributed by atoms with Gasteiger partial charge in [-0.2, -0.15) is 0 Å². The van der Waals surface area contributed by atoms with E-state index in [4.69, 9.17) is 19.0 Å². The monoisotopic (exact) mass is 428 g/mol. The maximum absolute atomic E-state index is 10.5. The van der Waals surface area contributed by atoms with E-state index in [1.165, 1.54) is 18.1 Å². The summed E-state index contributed by atoms with van der Waals surface area (Å²) in [7, 11) is 3.41. The van der Waals surface area contributed by atoms with Gasteiger partial charge in [-0.3, -0.25) is 9.59 Å². The molecule has 2 aromatic carbocycles. The second-order valence-corrected chi connectivity index (χ2v) is 6.52. The van der Waals surface area contributed by atoms with Gasteiger partial charge in [-0.25, -0.2) is 0 Å². The van der Waals surface area contributed by atoms with Crippen molar-refractivity contribution in [2.75, 3.05) is 27.4 Å². The molecule has 0 aromatic heterocycles. The van der Waals surface area contributed by atoms with Gasteiger partial charge >= 0.3 is 0 Å². The lowest BCUT2D eigenvalue weighted by molar-refractivity contribution is -0.104. The molecular formula is C26H36O5. The third kappa shape index (κ3) is 15.6. The van der Waals surface area contributed by atoms with E-state index in [0.717, 1.165) is 56.7 Å². The molecule has 0 spiro atoms. The number of allylic oxidation sites excluding steroid dienone is 1. The molecule has 0 unspecified atom stereocenters. The number of rotatable bonds is 12. The number of unbranched alkanes of at least 4 members (excludes halogenated alkanes) is 3. The van der Waals surface area contributed by atoms with Crippen molar-refractivity contribution in [1.82, 2.24) is 0 Å². The van der Waals surface area contributed by atoms with Crippen LogP contribution in [0, 0.1) is 0 Å². The molecule has 2 rings (SSSR count). The lowest BCUT2D eigenvalue weighted by atomic mass is 10.2. The molecule has 31 heavy (non-hydrogen) atoms. The molecule has 0 aliphatic rings. The smallest absolute Gasteiger partial charge is 0.150 e. The number of carbonyl (C=O) groups is 2. The minimum Gasteiger partial charge on any atom is -0.497 e. The van der Waals surface area contributed by atoms with Crippen molar-refractivity contribution >= 4 is 12.6 Å². The molecule has 0 saturated carbocycles. The van der Waals surface area contributed by atoms with Crippen LogP contribution in [0.1, 0.15) is 48.5 Å². The molecule has 0 bridgehead atoms. The van der Waals surface area contributed by atoms with Gasteiger partial charge < -0.3 is 14.2 Å². The number of hydrogen-bond acceptors (Lipinski definition) is 5. The van der Waals surface area contributed by atoms with Gasteiger partial charge in [-0.15, -0.1) is 0 Å². The predicted octanol–water partition coefficient (Wildman–Crippen LogP) is 5.71. The summed E-state index contributed by atoms with van der Waals surface area (Å²) in [4.78, 5) is 19.5. The fourth-order valence-electron chi connectivity index (χ4n) is 2.40. The van der Waals surface area contributed by atoms with Crippen LogP contribution in [-0.2, 0) is 16.0 Å². The number of aryl methyl sites for hydroxylation is 1. The standard InChI is InChI=1S/C14H20O3.C9H12O.C3H4O/c1-16-10-4-2-3-5-11-17-14-8-6-13(12-15)7-9-14;1-3-8-4-6-9(10-2)7-5-8;1-2-3-4/h6-9,12H,2-5,10-11H2,1H3;4-7H,3H2,1-2H3;2-3H,1H2. The molecule has 0 radical (unpaired) electrons. The molecule has 5 heteroatoms. The van der Waals surface area contributed by atoms with E-state index in [1.54, 1.807) is 26.4 Å². The van der Waals surface area contributed by atoms with E-state index in [2.05, 4.69) is 25.6 Å². The summed E-state index contributed by atoms with van der Waals surface area (Å²) in [6.07, 6.45) is 8.27. The van der Waals surface area contributed by atoms with Crippen LogP contribution in [0.25, 0.3) is 0 Å². The quantitative estimate of drug-likeness (QED) is 0.246. The van der Waals surface area contributed by atoms with Crippen LogP contribution in [0.4, 0.5) is 0 Å². The summed E-state index contributed by atoms with van der Waals surface area (Å²) in [6, 6.07) is 15.3. The van der Waals surface area contributed by atoms with Gasteiger partial charge in [0, 0.05) is 19.3 Å². The van der Waals surface area contributed by atoms with Crippen molar-refractivity contribution < 1.29 is 23.8 Å². The highest BCUT2D eigenvalue weighted by atomic mass is 16.5. The Labute approximate surface area is 187 Å². The Kier molecular flexibility index (Phi) is 18.4. The Morgan fingerprint density at radius 3 is 1.81 bits per heavy atom. The Morgan fingerprint density at radius 1 is 0.806 bits per heavy atom. The first kappa shape index (κ1) is 28.1. The molecule has 0 fully saturated rings. The average Bonchev–Trinajstić information content (AvgIpc) is 2.84. The second kappa shape index (κ2) is 20.4. The average molecular weight is 429 g/mol. The van der Waals surface area contributed by atoms with E-state index in [9.17, 15) is 4.79 Å². The molecule has 2 aromatic rings. The summed E-state index contributed by atoms with van der Waals surface area (Å²) < 4.78 is 15.6. The first-order valence-corrected chi connectivity index (χ1v) is 10.5. The largest absolute Gasteiger partial charge is 0.497 e. The van der Waals surface area contributed by atoms with Crippen molar-refractivity contribution in [3.05, 3.63) is 72.3 Å². The molecule has 0 N–H and O–H groups in total. The van der Waals surface area contributed by atoms with E-state index < -0.39 is 0 Å². The maximum Gasteiger partial charge on any atom is 0.150 e. The van der Waals surface area contributed by atoms with Crippen molar-refractivity contribution in [3.8, 4) is 11.5 Å². The fraction of sp³-hybridized carbons (Fsp3) is 0.385. The Balaban J connectivity index is 0.000000540. The molecule has 170 valence electrons. The summed E-state index contributed by atoms with van der Waals surface area (Å²) >= 11 is 0. The van der Waals surface area contributed by atoms with E-state index in [-0.39, 0.29) is 0 Å². The Morgan fingerprint density at radius 2 is 1.35 bits per heavy atom. The molecule has 0 atom stereocenters. The van der Waals surface area contributed by atoms with Crippen LogP contribution >= 0.6 is 0 Å². The fourth-order valence-corrected chi connectivity index (χ4v) is 2.40. The van der Waals surface area contributed by atoms with Crippen molar-refractivity contribution in [2.24, 2.45) is 0 Å². The molecular weight excluding hydrogens is 392 g/mol. The Hall–Kier alpha value is -2.92. The van der Waals surface area contributed by atoms with Gasteiger partial charge in [-0.05, 0) is 73.7 Å². The lowest BCUT2D eigenvalue weighted by Gasteiger charge is -2.06. The van der Waals surface area contributed by atoms with Gasteiger partial charge in [0.1, 0.15) is 24.1 Å². The summed E-state index contributed by atoms with van der Waals surface area (Å²) in [6.45, 7) is 6.82.